The summed E-state index contributed by atoms with van der Waals surface area (Å²) < 4.78 is 19.4. The van der Waals surface area contributed by atoms with Crippen LogP contribution in [-0.4, -0.2) is 28.4 Å². The Labute approximate surface area is 116 Å². The molecule has 0 saturated heterocycles. The van der Waals surface area contributed by atoms with Crippen molar-refractivity contribution >= 4 is 21.9 Å². The Kier molecular flexibility index (Phi) is 3.57. The van der Waals surface area contributed by atoms with Crippen LogP contribution in [-0.2, 0) is 0 Å². The molecule has 0 aliphatic rings. The van der Waals surface area contributed by atoms with Crippen molar-refractivity contribution in [1.29, 1.82) is 0 Å². The first-order chi connectivity index (χ1) is 8.95. The van der Waals surface area contributed by atoms with E-state index in [1.807, 2.05) is 0 Å². The zero-order valence-electron chi connectivity index (χ0n) is 10.1. The number of carbonyl (C=O) groups is 1. The summed E-state index contributed by atoms with van der Waals surface area (Å²) in [5, 5.41) is 15.1. The summed E-state index contributed by atoms with van der Waals surface area (Å²) in [7, 11) is 1.35. The molecule has 1 aromatic carbocycles. The molecule has 0 atom stereocenters. The highest BCUT2D eigenvalue weighted by molar-refractivity contribution is 9.10. The molecule has 0 unspecified atom stereocenters. The predicted molar refractivity (Wildman–Crippen MR) is 69.9 cm³/mol. The van der Waals surface area contributed by atoms with Crippen molar-refractivity contribution in [3.8, 4) is 17.0 Å². The van der Waals surface area contributed by atoms with Crippen LogP contribution in [0.2, 0.25) is 0 Å². The first-order valence-corrected chi connectivity index (χ1v) is 6.06. The van der Waals surface area contributed by atoms with Crippen molar-refractivity contribution < 1.29 is 19.0 Å². The van der Waals surface area contributed by atoms with Gasteiger partial charge < -0.3 is 9.84 Å². The van der Waals surface area contributed by atoms with Gasteiger partial charge in [-0.25, -0.2) is 9.18 Å². The van der Waals surface area contributed by atoms with Crippen LogP contribution >= 0.6 is 15.9 Å². The van der Waals surface area contributed by atoms with E-state index in [9.17, 15) is 9.18 Å². The summed E-state index contributed by atoms with van der Waals surface area (Å²) in [5.41, 5.74) is 1.36. The molecular weight excluding hydrogens is 319 g/mol. The quantitative estimate of drug-likeness (QED) is 0.908. The number of ether oxygens (including phenoxy) is 1. The number of hydrogen-bond donors (Lipinski definition) is 2. The fourth-order valence-corrected chi connectivity index (χ4v) is 2.16. The molecule has 0 amide bonds. The molecule has 1 heterocycles. The van der Waals surface area contributed by atoms with Crippen LogP contribution in [0.1, 0.15) is 16.1 Å². The normalized spacial score (nSPS) is 10.5. The Hall–Kier alpha value is -1.89. The number of hydrogen-bond acceptors (Lipinski definition) is 3. The third-order valence-corrected chi connectivity index (χ3v) is 3.52. The number of aromatic nitrogens is 2. The number of aromatic carboxylic acids is 1. The van der Waals surface area contributed by atoms with E-state index in [-0.39, 0.29) is 11.4 Å². The zero-order chi connectivity index (χ0) is 14.2. The lowest BCUT2D eigenvalue weighted by molar-refractivity contribution is 0.0690. The van der Waals surface area contributed by atoms with Gasteiger partial charge in [0, 0.05) is 4.47 Å². The van der Waals surface area contributed by atoms with Crippen molar-refractivity contribution in [1.82, 2.24) is 10.2 Å². The maximum Gasteiger partial charge on any atom is 0.353 e. The number of H-pyrrole nitrogens is 1. The van der Waals surface area contributed by atoms with Gasteiger partial charge in [-0.3, -0.25) is 5.10 Å². The Morgan fingerprint density at radius 3 is 2.74 bits per heavy atom. The number of rotatable bonds is 3. The van der Waals surface area contributed by atoms with Crippen LogP contribution in [0.5, 0.6) is 5.75 Å². The second-order valence-corrected chi connectivity index (χ2v) is 4.70. The molecule has 2 aromatic rings. The largest absolute Gasteiger partial charge is 0.493 e. The van der Waals surface area contributed by atoms with Gasteiger partial charge in [0.1, 0.15) is 5.69 Å². The summed E-state index contributed by atoms with van der Waals surface area (Å²) in [5.74, 6) is -1.65. The second-order valence-electron chi connectivity index (χ2n) is 3.85. The lowest BCUT2D eigenvalue weighted by atomic mass is 10.0. The maximum atomic E-state index is 13.8. The number of methoxy groups -OCH3 is 1. The Morgan fingerprint density at radius 1 is 1.53 bits per heavy atom. The van der Waals surface area contributed by atoms with Gasteiger partial charge in [-0.1, -0.05) is 15.9 Å². The molecule has 2 rings (SSSR count). The van der Waals surface area contributed by atoms with Crippen molar-refractivity contribution in [2.75, 3.05) is 7.11 Å². The number of carboxylic acids is 1. The highest BCUT2D eigenvalue weighted by Gasteiger charge is 2.20. The summed E-state index contributed by atoms with van der Waals surface area (Å²) in [6.45, 7) is 1.76. The molecule has 0 spiro atoms. The van der Waals surface area contributed by atoms with E-state index < -0.39 is 11.8 Å². The average molecular weight is 329 g/mol. The fourth-order valence-electron chi connectivity index (χ4n) is 1.76. The summed E-state index contributed by atoms with van der Waals surface area (Å²) >= 11 is 3.24. The molecular formula is C12H10BrFN2O3. The third-order valence-electron chi connectivity index (χ3n) is 2.70. The first kappa shape index (κ1) is 13.5. The molecule has 1 aromatic heterocycles. The van der Waals surface area contributed by atoms with Gasteiger partial charge in [-0.05, 0) is 24.6 Å². The first-order valence-electron chi connectivity index (χ1n) is 5.27. The Balaban J connectivity index is 2.69. The van der Waals surface area contributed by atoms with Crippen LogP contribution in [0.4, 0.5) is 4.39 Å². The molecule has 5 nitrogen and oxygen atoms in total. The number of nitrogens with one attached hydrogen (secondary N) is 1. The van der Waals surface area contributed by atoms with Gasteiger partial charge >= 0.3 is 5.97 Å². The SMILES string of the molecule is COc1c(F)cc(Br)c(C)c1-c1cc(C(=O)O)[nH]n1. The molecule has 0 saturated carbocycles. The number of carboxylic acid groups (broad SMARTS) is 1. The number of benzene rings is 1. The van der Waals surface area contributed by atoms with E-state index in [1.54, 1.807) is 6.92 Å². The number of halogens is 2. The average Bonchev–Trinajstić information content (AvgIpc) is 2.82. The van der Waals surface area contributed by atoms with Crippen molar-refractivity contribution in [2.24, 2.45) is 0 Å². The summed E-state index contributed by atoms with van der Waals surface area (Å²) in [6, 6.07) is 2.63. The molecule has 0 aliphatic carbocycles. The highest BCUT2D eigenvalue weighted by Crippen LogP contribution is 2.38. The summed E-state index contributed by atoms with van der Waals surface area (Å²) in [6.07, 6.45) is 0. The molecule has 7 heteroatoms. The molecule has 2 N–H and O–H groups in total. The minimum Gasteiger partial charge on any atom is -0.493 e. The third kappa shape index (κ3) is 2.33. The molecule has 0 bridgehead atoms. The minimum absolute atomic E-state index is 0.0316. The molecule has 0 radical (unpaired) electrons. The van der Waals surface area contributed by atoms with Crippen LogP contribution in [0, 0.1) is 12.7 Å². The van der Waals surface area contributed by atoms with E-state index in [2.05, 4.69) is 26.1 Å². The number of nitrogens with zero attached hydrogens (tertiary/aromatic N) is 1. The topological polar surface area (TPSA) is 75.2 Å². The van der Waals surface area contributed by atoms with Crippen LogP contribution < -0.4 is 4.74 Å². The van der Waals surface area contributed by atoms with Gasteiger partial charge in [0.05, 0.1) is 18.4 Å². The lowest BCUT2D eigenvalue weighted by Gasteiger charge is -2.12. The molecule has 0 fully saturated rings. The van der Waals surface area contributed by atoms with Gasteiger partial charge in [0.15, 0.2) is 11.6 Å². The van der Waals surface area contributed by atoms with Gasteiger partial charge in [0.2, 0.25) is 0 Å². The Morgan fingerprint density at radius 2 is 2.21 bits per heavy atom. The van der Waals surface area contributed by atoms with E-state index >= 15 is 0 Å². The zero-order valence-corrected chi connectivity index (χ0v) is 11.7. The van der Waals surface area contributed by atoms with E-state index in [1.165, 1.54) is 19.2 Å². The number of aromatic amines is 1. The minimum atomic E-state index is -1.13. The van der Waals surface area contributed by atoms with Crippen LogP contribution in [0.3, 0.4) is 0 Å². The van der Waals surface area contributed by atoms with E-state index in [0.29, 0.717) is 21.3 Å². The predicted octanol–water partition coefficient (Wildman–Crippen LogP) is 2.99. The monoisotopic (exact) mass is 328 g/mol. The van der Waals surface area contributed by atoms with Crippen molar-refractivity contribution in [3.05, 3.63) is 33.7 Å². The van der Waals surface area contributed by atoms with E-state index in [4.69, 9.17) is 9.84 Å². The van der Waals surface area contributed by atoms with Gasteiger partial charge in [-0.15, -0.1) is 0 Å². The smallest absolute Gasteiger partial charge is 0.353 e. The fraction of sp³-hybridized carbons (Fsp3) is 0.167. The van der Waals surface area contributed by atoms with Crippen LogP contribution in [0.25, 0.3) is 11.3 Å². The maximum absolute atomic E-state index is 13.8. The second kappa shape index (κ2) is 5.00. The summed E-state index contributed by atoms with van der Waals surface area (Å²) in [4.78, 5) is 10.8. The van der Waals surface area contributed by atoms with E-state index in [0.717, 1.165) is 0 Å². The Bertz CT molecular complexity index is 655. The van der Waals surface area contributed by atoms with Crippen molar-refractivity contribution in [3.63, 3.8) is 0 Å². The van der Waals surface area contributed by atoms with Crippen molar-refractivity contribution in [2.45, 2.75) is 6.92 Å². The molecule has 19 heavy (non-hydrogen) atoms. The van der Waals surface area contributed by atoms with Gasteiger partial charge in [0.25, 0.3) is 0 Å². The molecule has 100 valence electrons. The highest BCUT2D eigenvalue weighted by atomic mass is 79.9. The lowest BCUT2D eigenvalue weighted by Crippen LogP contribution is -1.96. The van der Waals surface area contributed by atoms with Crippen LogP contribution in [0.15, 0.2) is 16.6 Å². The molecule has 0 aliphatic heterocycles. The van der Waals surface area contributed by atoms with Gasteiger partial charge in [-0.2, -0.15) is 5.10 Å². The standard InChI is InChI=1S/C12H10BrFN2O3/c1-5-6(13)3-7(14)11(19-2)10(5)8-4-9(12(17)18)16-15-8/h3-4H,1-2H3,(H,15,16)(H,17,18).